The molecule has 0 aliphatic heterocycles. The Kier molecular flexibility index (Phi) is 4.38. The maximum atomic E-state index is 10.2. The number of nitrogens with zero attached hydrogens (tertiary/aromatic N) is 1. The van der Waals surface area contributed by atoms with Gasteiger partial charge in [0.25, 0.3) is 0 Å². The first kappa shape index (κ1) is 13.5. The van der Waals surface area contributed by atoms with Crippen molar-refractivity contribution in [3.05, 3.63) is 62.8 Å². The van der Waals surface area contributed by atoms with Crippen LogP contribution in [0.4, 0.5) is 0 Å². The molecule has 0 saturated heterocycles. The van der Waals surface area contributed by atoms with Crippen molar-refractivity contribution in [3.8, 4) is 0 Å². The quantitative estimate of drug-likeness (QED) is 0.922. The van der Waals surface area contributed by atoms with Crippen molar-refractivity contribution in [1.82, 2.24) is 4.98 Å². The van der Waals surface area contributed by atoms with E-state index < -0.39 is 6.10 Å². The lowest BCUT2D eigenvalue weighted by Crippen LogP contribution is -2.04. The Morgan fingerprint density at radius 1 is 1.33 bits per heavy atom. The number of aryl methyl sites for hydroxylation is 1. The summed E-state index contributed by atoms with van der Waals surface area (Å²) in [5, 5.41) is 10.8. The highest BCUT2D eigenvalue weighted by Crippen LogP contribution is 2.28. The first-order valence-electron chi connectivity index (χ1n) is 5.61. The number of aliphatic hydroxyl groups is 1. The Labute approximate surface area is 120 Å². The predicted octanol–water partition coefficient (Wildman–Crippen LogP) is 4.08. The largest absolute Gasteiger partial charge is 0.388 e. The summed E-state index contributed by atoms with van der Waals surface area (Å²) < 4.78 is 0.925. The van der Waals surface area contributed by atoms with Crippen LogP contribution >= 0.6 is 27.5 Å². The predicted molar refractivity (Wildman–Crippen MR) is 76.8 cm³/mol. The highest BCUT2D eigenvalue weighted by Gasteiger charge is 2.13. The van der Waals surface area contributed by atoms with Crippen molar-refractivity contribution in [1.29, 1.82) is 0 Å². The summed E-state index contributed by atoms with van der Waals surface area (Å²) in [7, 11) is 0. The minimum absolute atomic E-state index is 0.455. The second-order valence-corrected chi connectivity index (χ2v) is 5.46. The first-order valence-corrected chi connectivity index (χ1v) is 6.78. The molecule has 2 aromatic rings. The van der Waals surface area contributed by atoms with Crippen LogP contribution in [0.25, 0.3) is 0 Å². The molecule has 2 nitrogen and oxygen atoms in total. The number of rotatable bonds is 3. The Morgan fingerprint density at radius 2 is 2.11 bits per heavy atom. The first-order chi connectivity index (χ1) is 8.58. The van der Waals surface area contributed by atoms with Crippen LogP contribution in [0.15, 0.2) is 41.0 Å². The lowest BCUT2D eigenvalue weighted by molar-refractivity contribution is 0.177. The number of aromatic nitrogens is 1. The molecule has 0 radical (unpaired) electrons. The molecule has 1 aromatic heterocycles. The maximum absolute atomic E-state index is 10.2. The molecule has 1 heterocycles. The standard InChI is InChI=1S/C14H13BrClNO/c1-9-3-2-4-12(14(9)16)13(18)7-11-6-5-10(15)8-17-11/h2-6,8,13,18H,7H2,1H3. The molecule has 1 unspecified atom stereocenters. The molecular weight excluding hydrogens is 314 g/mol. The van der Waals surface area contributed by atoms with Gasteiger partial charge in [-0.3, -0.25) is 4.98 Å². The van der Waals surface area contributed by atoms with E-state index in [1.807, 2.05) is 37.3 Å². The highest BCUT2D eigenvalue weighted by atomic mass is 79.9. The lowest BCUT2D eigenvalue weighted by Gasteiger charge is -2.13. The summed E-state index contributed by atoms with van der Waals surface area (Å²) in [4.78, 5) is 4.25. The van der Waals surface area contributed by atoms with Gasteiger partial charge in [-0.15, -0.1) is 0 Å². The van der Waals surface area contributed by atoms with Gasteiger partial charge < -0.3 is 5.11 Å². The fourth-order valence-corrected chi connectivity index (χ4v) is 2.25. The zero-order valence-electron chi connectivity index (χ0n) is 9.90. The summed E-state index contributed by atoms with van der Waals surface area (Å²) in [5.41, 5.74) is 2.56. The molecule has 0 aliphatic carbocycles. The van der Waals surface area contributed by atoms with Gasteiger partial charge in [0.1, 0.15) is 0 Å². The lowest BCUT2D eigenvalue weighted by atomic mass is 10.0. The third-order valence-electron chi connectivity index (χ3n) is 2.77. The van der Waals surface area contributed by atoms with Gasteiger partial charge in [0.2, 0.25) is 0 Å². The molecular formula is C14H13BrClNO. The Bertz CT molecular complexity index is 542. The zero-order valence-corrected chi connectivity index (χ0v) is 12.2. The van der Waals surface area contributed by atoms with Crippen LogP contribution in [0.2, 0.25) is 5.02 Å². The van der Waals surface area contributed by atoms with Gasteiger partial charge in [-0.1, -0.05) is 29.8 Å². The number of pyridine rings is 1. The molecule has 94 valence electrons. The molecule has 18 heavy (non-hydrogen) atoms. The summed E-state index contributed by atoms with van der Waals surface area (Å²) in [6.07, 6.45) is 1.54. The van der Waals surface area contributed by atoms with Crippen molar-refractivity contribution in [3.63, 3.8) is 0 Å². The van der Waals surface area contributed by atoms with E-state index in [1.54, 1.807) is 6.20 Å². The summed E-state index contributed by atoms with van der Waals surface area (Å²) in [6, 6.07) is 9.47. The van der Waals surface area contributed by atoms with E-state index >= 15 is 0 Å². The molecule has 0 fully saturated rings. The third-order valence-corrected chi connectivity index (χ3v) is 3.76. The molecule has 1 N–H and O–H groups in total. The Morgan fingerprint density at radius 3 is 2.78 bits per heavy atom. The average molecular weight is 327 g/mol. The molecule has 0 spiro atoms. The Hall–Kier alpha value is -0.900. The number of halogens is 2. The summed E-state index contributed by atoms with van der Waals surface area (Å²) in [5.74, 6) is 0. The molecule has 0 amide bonds. The van der Waals surface area contributed by atoms with Gasteiger partial charge in [0.05, 0.1) is 6.10 Å². The monoisotopic (exact) mass is 325 g/mol. The van der Waals surface area contributed by atoms with E-state index in [0.29, 0.717) is 11.4 Å². The summed E-state index contributed by atoms with van der Waals surface area (Å²) >= 11 is 9.52. The van der Waals surface area contributed by atoms with Crippen molar-refractivity contribution in [2.24, 2.45) is 0 Å². The SMILES string of the molecule is Cc1cccc(C(O)Cc2ccc(Br)cn2)c1Cl. The van der Waals surface area contributed by atoms with Gasteiger partial charge >= 0.3 is 0 Å². The number of hydrogen-bond donors (Lipinski definition) is 1. The smallest absolute Gasteiger partial charge is 0.0859 e. The number of benzene rings is 1. The van der Waals surface area contributed by atoms with E-state index in [-0.39, 0.29) is 0 Å². The van der Waals surface area contributed by atoms with E-state index in [1.165, 1.54) is 0 Å². The normalized spacial score (nSPS) is 12.4. The minimum Gasteiger partial charge on any atom is -0.388 e. The van der Waals surface area contributed by atoms with Crippen LogP contribution in [-0.2, 0) is 6.42 Å². The molecule has 2 rings (SSSR count). The summed E-state index contributed by atoms with van der Waals surface area (Å²) in [6.45, 7) is 1.93. The molecule has 0 bridgehead atoms. The van der Waals surface area contributed by atoms with Crippen molar-refractivity contribution in [2.75, 3.05) is 0 Å². The van der Waals surface area contributed by atoms with Gasteiger partial charge in [-0.2, -0.15) is 0 Å². The van der Waals surface area contributed by atoms with Gasteiger partial charge in [0.15, 0.2) is 0 Å². The van der Waals surface area contributed by atoms with Crippen LogP contribution in [0, 0.1) is 6.92 Å². The van der Waals surface area contributed by atoms with Crippen LogP contribution in [0.1, 0.15) is 22.9 Å². The molecule has 0 saturated carbocycles. The highest BCUT2D eigenvalue weighted by molar-refractivity contribution is 9.10. The van der Waals surface area contributed by atoms with E-state index in [9.17, 15) is 5.11 Å². The molecule has 1 aromatic carbocycles. The van der Waals surface area contributed by atoms with E-state index in [2.05, 4.69) is 20.9 Å². The molecule has 4 heteroatoms. The zero-order chi connectivity index (χ0) is 13.1. The van der Waals surface area contributed by atoms with Crippen molar-refractivity contribution in [2.45, 2.75) is 19.4 Å². The van der Waals surface area contributed by atoms with Crippen LogP contribution < -0.4 is 0 Å². The maximum Gasteiger partial charge on any atom is 0.0859 e. The van der Waals surface area contributed by atoms with Crippen LogP contribution in [-0.4, -0.2) is 10.1 Å². The fraction of sp³-hybridized carbons (Fsp3) is 0.214. The second-order valence-electron chi connectivity index (χ2n) is 4.17. The van der Waals surface area contributed by atoms with Crippen molar-refractivity contribution >= 4 is 27.5 Å². The van der Waals surface area contributed by atoms with E-state index in [4.69, 9.17) is 11.6 Å². The topological polar surface area (TPSA) is 33.1 Å². The Balaban J connectivity index is 2.19. The molecule has 1 atom stereocenters. The second kappa shape index (κ2) is 5.83. The average Bonchev–Trinajstić information content (AvgIpc) is 2.35. The van der Waals surface area contributed by atoms with Gasteiger partial charge in [0, 0.05) is 27.8 Å². The molecule has 0 aliphatic rings. The van der Waals surface area contributed by atoms with Gasteiger partial charge in [-0.25, -0.2) is 0 Å². The van der Waals surface area contributed by atoms with Crippen LogP contribution in [0.3, 0.4) is 0 Å². The van der Waals surface area contributed by atoms with E-state index in [0.717, 1.165) is 21.3 Å². The third kappa shape index (κ3) is 3.10. The minimum atomic E-state index is -0.633. The fourth-order valence-electron chi connectivity index (χ4n) is 1.76. The van der Waals surface area contributed by atoms with Crippen LogP contribution in [0.5, 0.6) is 0 Å². The number of aliphatic hydroxyl groups excluding tert-OH is 1. The number of hydrogen-bond acceptors (Lipinski definition) is 2. The van der Waals surface area contributed by atoms with Gasteiger partial charge in [-0.05, 0) is 46.1 Å². The van der Waals surface area contributed by atoms with Crippen molar-refractivity contribution < 1.29 is 5.11 Å².